The number of aryl methyl sites for hydroxylation is 2. The molecule has 164 valence electrons. The van der Waals surface area contributed by atoms with E-state index in [1.165, 1.54) is 6.07 Å². The first-order chi connectivity index (χ1) is 14.6. The number of hydrogen-bond acceptors (Lipinski definition) is 4. The van der Waals surface area contributed by atoms with Crippen molar-refractivity contribution >= 4 is 17.5 Å². The van der Waals surface area contributed by atoms with Crippen molar-refractivity contribution in [2.45, 2.75) is 32.5 Å². The van der Waals surface area contributed by atoms with E-state index in [4.69, 9.17) is 4.74 Å². The summed E-state index contributed by atoms with van der Waals surface area (Å²) in [5.74, 6) is -0.523. The Hall–Kier alpha value is -3.10. The zero-order valence-corrected chi connectivity index (χ0v) is 17.1. The molecule has 31 heavy (non-hydrogen) atoms. The van der Waals surface area contributed by atoms with Crippen LogP contribution in [0.1, 0.15) is 23.1 Å². The summed E-state index contributed by atoms with van der Waals surface area (Å²) in [5.41, 5.74) is 2.17. The summed E-state index contributed by atoms with van der Waals surface area (Å²) in [7, 11) is 0. The van der Waals surface area contributed by atoms with Crippen LogP contribution in [0.2, 0.25) is 0 Å². The number of nitrogens with zero attached hydrogens (tertiary/aromatic N) is 3. The van der Waals surface area contributed by atoms with Crippen LogP contribution in [-0.4, -0.2) is 47.4 Å². The van der Waals surface area contributed by atoms with Crippen molar-refractivity contribution in [3.05, 3.63) is 53.2 Å². The normalized spacial score (nSPS) is 19.5. The fourth-order valence-electron chi connectivity index (χ4n) is 3.76. The third kappa shape index (κ3) is 4.35. The number of anilines is 1. The molecule has 9 heteroatoms. The number of amides is 2. The highest BCUT2D eigenvalue weighted by atomic mass is 19.4. The average molecular weight is 433 g/mol. The first-order valence-electron chi connectivity index (χ1n) is 9.98. The van der Waals surface area contributed by atoms with E-state index in [-0.39, 0.29) is 30.2 Å². The van der Waals surface area contributed by atoms with Gasteiger partial charge in [-0.1, -0.05) is 6.07 Å². The standard InChI is InChI=1S/C22H22F3N3O3/c1-13-3-5-17(7-14(13)2)28-10-15(8-20(28)29)21(30)27-11-18(12-27)31-19-6-4-16(9-26-19)22(23,24)25/h3-7,9,15,18H,8,10-12H2,1-2H3. The summed E-state index contributed by atoms with van der Waals surface area (Å²) in [6, 6.07) is 7.88. The molecule has 0 bridgehead atoms. The van der Waals surface area contributed by atoms with Gasteiger partial charge in [0.15, 0.2) is 0 Å². The lowest BCUT2D eigenvalue weighted by atomic mass is 10.0. The second-order valence-electron chi connectivity index (χ2n) is 8.04. The van der Waals surface area contributed by atoms with Crippen LogP contribution in [0.3, 0.4) is 0 Å². The second kappa shape index (κ2) is 7.86. The highest BCUT2D eigenvalue weighted by Gasteiger charge is 2.41. The average Bonchev–Trinajstić information content (AvgIpc) is 3.07. The number of halogens is 3. The number of likely N-dealkylation sites (tertiary alicyclic amines) is 1. The van der Waals surface area contributed by atoms with E-state index in [2.05, 4.69) is 4.98 Å². The molecule has 1 unspecified atom stereocenters. The molecule has 2 aromatic rings. The Labute approximate surface area is 177 Å². The van der Waals surface area contributed by atoms with E-state index in [0.717, 1.165) is 29.1 Å². The van der Waals surface area contributed by atoms with Gasteiger partial charge in [0.05, 0.1) is 24.6 Å². The van der Waals surface area contributed by atoms with Crippen molar-refractivity contribution < 1.29 is 27.5 Å². The van der Waals surface area contributed by atoms with Crippen LogP contribution in [0.5, 0.6) is 5.88 Å². The molecule has 1 atom stereocenters. The number of carbonyl (C=O) groups excluding carboxylic acids is 2. The van der Waals surface area contributed by atoms with Crippen molar-refractivity contribution in [1.29, 1.82) is 0 Å². The Morgan fingerprint density at radius 3 is 2.45 bits per heavy atom. The lowest BCUT2D eigenvalue weighted by molar-refractivity contribution is -0.144. The summed E-state index contributed by atoms with van der Waals surface area (Å²) >= 11 is 0. The first kappa shape index (κ1) is 21.1. The lowest BCUT2D eigenvalue weighted by Crippen LogP contribution is -2.57. The van der Waals surface area contributed by atoms with E-state index in [1.54, 1.807) is 9.80 Å². The van der Waals surface area contributed by atoms with Gasteiger partial charge in [0.25, 0.3) is 0 Å². The fraction of sp³-hybridized carbons (Fsp3) is 0.409. The summed E-state index contributed by atoms with van der Waals surface area (Å²) in [6.45, 7) is 4.95. The molecule has 0 radical (unpaired) electrons. The quantitative estimate of drug-likeness (QED) is 0.742. The molecule has 0 N–H and O–H groups in total. The van der Waals surface area contributed by atoms with E-state index in [1.807, 2.05) is 32.0 Å². The smallest absolute Gasteiger partial charge is 0.417 e. The predicted molar refractivity (Wildman–Crippen MR) is 107 cm³/mol. The minimum absolute atomic E-state index is 0.0797. The number of rotatable bonds is 4. The third-order valence-corrected chi connectivity index (χ3v) is 5.79. The fourth-order valence-corrected chi connectivity index (χ4v) is 3.76. The van der Waals surface area contributed by atoms with Crippen molar-refractivity contribution in [3.8, 4) is 5.88 Å². The number of aromatic nitrogens is 1. The molecular formula is C22H22F3N3O3. The minimum atomic E-state index is -4.45. The maximum atomic E-state index is 12.8. The molecular weight excluding hydrogens is 411 g/mol. The van der Waals surface area contributed by atoms with Crippen molar-refractivity contribution in [2.24, 2.45) is 5.92 Å². The number of benzene rings is 1. The molecule has 0 spiro atoms. The Morgan fingerprint density at radius 2 is 1.84 bits per heavy atom. The van der Waals surface area contributed by atoms with Gasteiger partial charge >= 0.3 is 6.18 Å². The molecule has 2 saturated heterocycles. The van der Waals surface area contributed by atoms with Crippen LogP contribution in [0.25, 0.3) is 0 Å². The van der Waals surface area contributed by atoms with E-state index >= 15 is 0 Å². The lowest BCUT2D eigenvalue weighted by Gasteiger charge is -2.39. The minimum Gasteiger partial charge on any atom is -0.471 e. The van der Waals surface area contributed by atoms with Gasteiger partial charge in [-0.05, 0) is 43.2 Å². The SMILES string of the molecule is Cc1ccc(N2CC(C(=O)N3CC(Oc4ccc(C(F)(F)F)cn4)C3)CC2=O)cc1C. The van der Waals surface area contributed by atoms with E-state index in [9.17, 15) is 22.8 Å². The molecule has 1 aromatic carbocycles. The molecule has 0 aliphatic carbocycles. The Balaban J connectivity index is 1.30. The van der Waals surface area contributed by atoms with Crippen LogP contribution in [0, 0.1) is 19.8 Å². The maximum absolute atomic E-state index is 12.8. The molecule has 3 heterocycles. The number of pyridine rings is 1. The molecule has 4 rings (SSSR count). The molecule has 2 aliphatic rings. The van der Waals surface area contributed by atoms with Crippen LogP contribution in [0.15, 0.2) is 36.5 Å². The monoisotopic (exact) mass is 433 g/mol. The molecule has 2 aliphatic heterocycles. The van der Waals surface area contributed by atoms with Crippen LogP contribution >= 0.6 is 0 Å². The van der Waals surface area contributed by atoms with Crippen LogP contribution in [-0.2, 0) is 15.8 Å². The van der Waals surface area contributed by atoms with Crippen molar-refractivity contribution in [1.82, 2.24) is 9.88 Å². The highest BCUT2D eigenvalue weighted by Crippen LogP contribution is 2.31. The van der Waals surface area contributed by atoms with Crippen molar-refractivity contribution in [3.63, 3.8) is 0 Å². The molecule has 2 fully saturated rings. The maximum Gasteiger partial charge on any atom is 0.417 e. The van der Waals surface area contributed by atoms with Gasteiger partial charge in [0.1, 0.15) is 6.10 Å². The van der Waals surface area contributed by atoms with Gasteiger partial charge in [0.2, 0.25) is 17.7 Å². The second-order valence-corrected chi connectivity index (χ2v) is 8.04. The summed E-state index contributed by atoms with van der Waals surface area (Å²) in [4.78, 5) is 32.2. The van der Waals surface area contributed by atoms with Gasteiger partial charge in [0, 0.05) is 30.9 Å². The van der Waals surface area contributed by atoms with Crippen LogP contribution < -0.4 is 9.64 Å². The van der Waals surface area contributed by atoms with Gasteiger partial charge in [-0.25, -0.2) is 4.98 Å². The summed E-state index contributed by atoms with van der Waals surface area (Å²) in [6.07, 6.45) is -3.90. The third-order valence-electron chi connectivity index (χ3n) is 5.79. The Bertz CT molecular complexity index is 1000. The topological polar surface area (TPSA) is 62.7 Å². The highest BCUT2D eigenvalue weighted by molar-refractivity contribution is 6.00. The van der Waals surface area contributed by atoms with Gasteiger partial charge in [-0.2, -0.15) is 13.2 Å². The molecule has 6 nitrogen and oxygen atoms in total. The van der Waals surface area contributed by atoms with E-state index in [0.29, 0.717) is 19.6 Å². The van der Waals surface area contributed by atoms with Gasteiger partial charge in [-0.15, -0.1) is 0 Å². The van der Waals surface area contributed by atoms with Crippen molar-refractivity contribution in [2.75, 3.05) is 24.5 Å². The first-order valence-corrected chi connectivity index (χ1v) is 9.98. The number of ether oxygens (including phenoxy) is 1. The largest absolute Gasteiger partial charge is 0.471 e. The van der Waals surface area contributed by atoms with E-state index < -0.39 is 17.7 Å². The molecule has 1 aromatic heterocycles. The number of alkyl halides is 3. The molecule has 2 amide bonds. The van der Waals surface area contributed by atoms with Gasteiger partial charge in [-0.3, -0.25) is 9.59 Å². The number of hydrogen-bond donors (Lipinski definition) is 0. The Morgan fingerprint density at radius 1 is 1.10 bits per heavy atom. The molecule has 0 saturated carbocycles. The number of carbonyl (C=O) groups is 2. The van der Waals surface area contributed by atoms with Crippen LogP contribution in [0.4, 0.5) is 18.9 Å². The van der Waals surface area contributed by atoms with Gasteiger partial charge < -0.3 is 14.5 Å². The Kier molecular flexibility index (Phi) is 5.36. The zero-order valence-electron chi connectivity index (χ0n) is 17.1. The zero-order chi connectivity index (χ0) is 22.3. The summed E-state index contributed by atoms with van der Waals surface area (Å²) in [5, 5.41) is 0. The predicted octanol–water partition coefficient (Wildman–Crippen LogP) is 3.36. The summed E-state index contributed by atoms with van der Waals surface area (Å²) < 4.78 is 43.3.